The normalized spacial score (nSPS) is 15.6. The van der Waals surface area contributed by atoms with Gasteiger partial charge in [-0.1, -0.05) is 29.8 Å². The molecule has 1 aliphatic rings. The van der Waals surface area contributed by atoms with Gasteiger partial charge in [0.2, 0.25) is 0 Å². The van der Waals surface area contributed by atoms with E-state index in [1.54, 1.807) is 11.8 Å². The number of halogens is 1. The van der Waals surface area contributed by atoms with Crippen LogP contribution in [0, 0.1) is 0 Å². The van der Waals surface area contributed by atoms with Crippen molar-refractivity contribution >= 4 is 51.9 Å². The first-order chi connectivity index (χ1) is 16.6. The van der Waals surface area contributed by atoms with E-state index in [9.17, 15) is 4.79 Å². The maximum atomic E-state index is 13.4. The van der Waals surface area contributed by atoms with Gasteiger partial charge in [-0.2, -0.15) is 8.75 Å². The summed E-state index contributed by atoms with van der Waals surface area (Å²) < 4.78 is 14.1. The van der Waals surface area contributed by atoms with Gasteiger partial charge in [-0.05, 0) is 55.0 Å². The number of ether oxygens (including phenoxy) is 1. The average Bonchev–Trinajstić information content (AvgIpc) is 3.58. The summed E-state index contributed by atoms with van der Waals surface area (Å²) in [6.07, 6.45) is 5.55. The lowest BCUT2D eigenvalue weighted by Gasteiger charge is -2.26. The summed E-state index contributed by atoms with van der Waals surface area (Å²) in [6, 6.07) is 16.1. The lowest BCUT2D eigenvalue weighted by molar-refractivity contribution is 0.0504. The lowest BCUT2D eigenvalue weighted by Crippen LogP contribution is -2.37. The number of fused-ring (bicyclic) bond motifs is 1. The van der Waals surface area contributed by atoms with Crippen molar-refractivity contribution in [3.63, 3.8) is 0 Å². The smallest absolute Gasteiger partial charge is 0.275 e. The van der Waals surface area contributed by atoms with Crippen LogP contribution >= 0.6 is 35.1 Å². The zero-order valence-electron chi connectivity index (χ0n) is 18.6. The highest BCUT2D eigenvalue weighted by molar-refractivity contribution is 7.98. The second-order valence-corrected chi connectivity index (χ2v) is 10.0. The summed E-state index contributed by atoms with van der Waals surface area (Å²) in [5.41, 5.74) is 4.02. The summed E-state index contributed by atoms with van der Waals surface area (Å²) >= 11 is 8.87. The van der Waals surface area contributed by atoms with E-state index in [-0.39, 0.29) is 12.0 Å². The molecule has 2 aromatic carbocycles. The van der Waals surface area contributed by atoms with Gasteiger partial charge in [0.1, 0.15) is 0 Å². The first-order valence-corrected chi connectivity index (χ1v) is 13.4. The Morgan fingerprint density at radius 3 is 2.79 bits per heavy atom. The van der Waals surface area contributed by atoms with Crippen LogP contribution in [0.3, 0.4) is 0 Å². The Labute approximate surface area is 211 Å². The largest absolute Gasteiger partial charge is 0.376 e. The molecule has 0 saturated carbocycles. The fraction of sp³-hybridized carbons (Fsp3) is 0.280. The van der Waals surface area contributed by atoms with Crippen molar-refractivity contribution in [3.05, 3.63) is 71.0 Å². The number of hydrogen-bond donors (Lipinski definition) is 0. The van der Waals surface area contributed by atoms with Crippen molar-refractivity contribution in [2.24, 2.45) is 0 Å². The minimum atomic E-state index is -0.149. The van der Waals surface area contributed by atoms with E-state index in [4.69, 9.17) is 21.3 Å². The fourth-order valence-electron chi connectivity index (χ4n) is 4.18. The van der Waals surface area contributed by atoms with Crippen LogP contribution in [0.4, 0.5) is 0 Å². The molecule has 5 rings (SSSR count). The van der Waals surface area contributed by atoms with E-state index in [1.165, 1.54) is 6.20 Å². The maximum absolute atomic E-state index is 13.4. The Balaban J connectivity index is 1.58. The lowest BCUT2D eigenvalue weighted by atomic mass is 10.0. The molecule has 4 aromatic rings. The molecular formula is C25H23ClN4O2S2. The van der Waals surface area contributed by atoms with E-state index in [0.717, 1.165) is 63.8 Å². The molecule has 174 valence electrons. The molecule has 1 unspecified atom stereocenters. The third kappa shape index (κ3) is 5.10. The molecule has 1 aliphatic heterocycles. The Kier molecular flexibility index (Phi) is 7.10. The molecule has 2 aromatic heterocycles. The Morgan fingerprint density at radius 1 is 1.24 bits per heavy atom. The van der Waals surface area contributed by atoms with Crippen LogP contribution in [0.2, 0.25) is 5.02 Å². The van der Waals surface area contributed by atoms with Crippen molar-refractivity contribution in [2.45, 2.75) is 30.4 Å². The number of amides is 1. The van der Waals surface area contributed by atoms with Crippen LogP contribution in [0.15, 0.2) is 59.6 Å². The van der Waals surface area contributed by atoms with Crippen molar-refractivity contribution in [1.29, 1.82) is 0 Å². The molecule has 1 saturated heterocycles. The molecule has 1 amide bonds. The molecule has 3 heterocycles. The predicted octanol–water partition coefficient (Wildman–Crippen LogP) is 5.95. The predicted molar refractivity (Wildman–Crippen MR) is 138 cm³/mol. The van der Waals surface area contributed by atoms with Crippen LogP contribution < -0.4 is 0 Å². The highest BCUT2D eigenvalue weighted by Crippen LogP contribution is 2.30. The van der Waals surface area contributed by atoms with Crippen molar-refractivity contribution < 1.29 is 9.53 Å². The third-order valence-corrected chi connectivity index (χ3v) is 7.35. The summed E-state index contributed by atoms with van der Waals surface area (Å²) in [7, 11) is 0. The number of aromatic nitrogens is 3. The monoisotopic (exact) mass is 510 g/mol. The molecule has 0 spiro atoms. The average molecular weight is 511 g/mol. The standard InChI is InChI=1S/C25H23ClN4O2S2/c1-33-21-9-6-17-11-18(24(28-22(17)12-21)16-4-7-19(26)8-5-16)14-30(15-20-3-2-10-32-20)25(31)23-13-27-34-29-23/h4-9,11-13,20H,2-3,10,14-15H2,1H3. The van der Waals surface area contributed by atoms with Crippen LogP contribution in [-0.2, 0) is 11.3 Å². The van der Waals surface area contributed by atoms with Gasteiger partial charge in [-0.15, -0.1) is 11.8 Å². The second kappa shape index (κ2) is 10.4. The van der Waals surface area contributed by atoms with Gasteiger partial charge in [0.25, 0.3) is 5.91 Å². The first-order valence-electron chi connectivity index (χ1n) is 11.0. The number of carbonyl (C=O) groups excluding carboxylic acids is 1. The zero-order chi connectivity index (χ0) is 23.5. The van der Waals surface area contributed by atoms with Crippen molar-refractivity contribution in [2.75, 3.05) is 19.4 Å². The summed E-state index contributed by atoms with van der Waals surface area (Å²) in [6.45, 7) is 1.62. The molecular weight excluding hydrogens is 488 g/mol. The number of thioether (sulfide) groups is 1. The summed E-state index contributed by atoms with van der Waals surface area (Å²) in [5, 5.41) is 1.70. The molecule has 0 aliphatic carbocycles. The van der Waals surface area contributed by atoms with Gasteiger partial charge < -0.3 is 9.64 Å². The fourth-order valence-corrected chi connectivity index (χ4v) is 5.14. The SMILES string of the molecule is CSc1ccc2cc(CN(CC3CCCO3)C(=O)c3cnsn3)c(-c3ccc(Cl)cc3)nc2c1. The number of rotatable bonds is 7. The van der Waals surface area contributed by atoms with Gasteiger partial charge in [0, 0.05) is 40.6 Å². The van der Waals surface area contributed by atoms with Gasteiger partial charge in [-0.25, -0.2) is 4.98 Å². The quantitative estimate of drug-likeness (QED) is 0.286. The minimum Gasteiger partial charge on any atom is -0.376 e. The van der Waals surface area contributed by atoms with Crippen molar-refractivity contribution in [1.82, 2.24) is 18.6 Å². The van der Waals surface area contributed by atoms with E-state index in [0.29, 0.717) is 23.8 Å². The number of nitrogens with zero attached hydrogens (tertiary/aromatic N) is 4. The van der Waals surface area contributed by atoms with Crippen molar-refractivity contribution in [3.8, 4) is 11.3 Å². The summed E-state index contributed by atoms with van der Waals surface area (Å²) in [4.78, 5) is 21.4. The highest BCUT2D eigenvalue weighted by atomic mass is 35.5. The molecule has 1 fully saturated rings. The highest BCUT2D eigenvalue weighted by Gasteiger charge is 2.26. The van der Waals surface area contributed by atoms with E-state index in [2.05, 4.69) is 39.3 Å². The molecule has 0 radical (unpaired) electrons. The molecule has 6 nitrogen and oxygen atoms in total. The number of pyridine rings is 1. The van der Waals surface area contributed by atoms with Gasteiger partial charge >= 0.3 is 0 Å². The molecule has 34 heavy (non-hydrogen) atoms. The Hall–Kier alpha value is -2.52. The number of benzene rings is 2. The zero-order valence-corrected chi connectivity index (χ0v) is 21.0. The summed E-state index contributed by atoms with van der Waals surface area (Å²) in [5.74, 6) is -0.149. The molecule has 0 N–H and O–H groups in total. The van der Waals surface area contributed by atoms with Gasteiger partial charge in [-0.3, -0.25) is 4.79 Å². The second-order valence-electron chi connectivity index (χ2n) is 8.18. The Bertz CT molecular complexity index is 1290. The van der Waals surface area contributed by atoms with Crippen LogP contribution in [0.1, 0.15) is 28.9 Å². The minimum absolute atomic E-state index is 0.0204. The molecule has 9 heteroatoms. The topological polar surface area (TPSA) is 68.2 Å². The van der Waals surface area contributed by atoms with E-state index >= 15 is 0 Å². The van der Waals surface area contributed by atoms with Gasteiger partial charge in [0.05, 0.1) is 35.2 Å². The van der Waals surface area contributed by atoms with Crippen LogP contribution in [0.5, 0.6) is 0 Å². The maximum Gasteiger partial charge on any atom is 0.275 e. The van der Waals surface area contributed by atoms with Crippen LogP contribution in [-0.4, -0.2) is 50.0 Å². The third-order valence-electron chi connectivity index (χ3n) is 5.90. The first kappa shape index (κ1) is 23.2. The van der Waals surface area contributed by atoms with E-state index in [1.807, 2.05) is 29.2 Å². The number of hydrogen-bond acceptors (Lipinski definition) is 7. The molecule has 1 atom stereocenters. The van der Waals surface area contributed by atoms with E-state index < -0.39 is 0 Å². The molecule has 0 bridgehead atoms. The van der Waals surface area contributed by atoms with Crippen LogP contribution in [0.25, 0.3) is 22.2 Å². The number of carbonyl (C=O) groups is 1. The Morgan fingerprint density at radius 2 is 2.09 bits per heavy atom. The van der Waals surface area contributed by atoms with Gasteiger partial charge in [0.15, 0.2) is 5.69 Å².